The quantitative estimate of drug-likeness (QED) is 0.303. The first-order chi connectivity index (χ1) is 14.0. The van der Waals surface area contributed by atoms with Crippen LogP contribution in [0.4, 0.5) is 0 Å². The number of carboxylic acid groups (broad SMARTS) is 2. The Bertz CT molecular complexity index is 586. The standard InChI is InChI=1S/C23H36O6/c1-2-19(23(26)27)29-21-16-13-12-15-20(21)28-18-14-10-8-6-4-3-5-7-9-11-17-22(24)25/h12-13,15-16,19H,2-11,14,17-18H2,1H3,(H,24,25)(H,26,27). The number of carboxylic acids is 2. The maximum Gasteiger partial charge on any atom is 0.344 e. The fourth-order valence-electron chi connectivity index (χ4n) is 3.10. The van der Waals surface area contributed by atoms with Gasteiger partial charge in [0.05, 0.1) is 6.61 Å². The molecule has 1 unspecified atom stereocenters. The Morgan fingerprint density at radius 1 is 0.828 bits per heavy atom. The first kappa shape index (κ1) is 24.8. The summed E-state index contributed by atoms with van der Waals surface area (Å²) in [5.74, 6) is -0.599. The van der Waals surface area contributed by atoms with Gasteiger partial charge in [0.1, 0.15) is 0 Å². The van der Waals surface area contributed by atoms with Gasteiger partial charge >= 0.3 is 11.9 Å². The van der Waals surface area contributed by atoms with E-state index in [1.165, 1.54) is 32.1 Å². The average molecular weight is 409 g/mol. The van der Waals surface area contributed by atoms with Crippen molar-refractivity contribution >= 4 is 11.9 Å². The van der Waals surface area contributed by atoms with Gasteiger partial charge < -0.3 is 19.7 Å². The molecule has 0 fully saturated rings. The number of aliphatic carboxylic acids is 2. The van der Waals surface area contributed by atoms with Gasteiger partial charge in [-0.2, -0.15) is 0 Å². The Kier molecular flexibility index (Phi) is 13.4. The van der Waals surface area contributed by atoms with Crippen molar-refractivity contribution in [2.24, 2.45) is 0 Å². The van der Waals surface area contributed by atoms with Crippen LogP contribution in [0.3, 0.4) is 0 Å². The summed E-state index contributed by atoms with van der Waals surface area (Å²) in [6, 6.07) is 7.21. The molecule has 6 heteroatoms. The number of benzene rings is 1. The molecule has 0 heterocycles. The largest absolute Gasteiger partial charge is 0.490 e. The summed E-state index contributed by atoms with van der Waals surface area (Å²) in [6.45, 7) is 2.37. The second kappa shape index (κ2) is 15.7. The lowest BCUT2D eigenvalue weighted by atomic mass is 10.1. The maximum absolute atomic E-state index is 11.2. The molecule has 0 aliphatic carbocycles. The molecule has 1 aromatic rings. The lowest BCUT2D eigenvalue weighted by Crippen LogP contribution is -2.26. The zero-order valence-electron chi connectivity index (χ0n) is 17.6. The maximum atomic E-state index is 11.2. The molecule has 0 aliphatic rings. The molecular weight excluding hydrogens is 372 g/mol. The number of unbranched alkanes of at least 4 members (excludes halogenated alkanes) is 9. The number of ether oxygens (including phenoxy) is 2. The second-order valence-corrected chi connectivity index (χ2v) is 7.33. The zero-order valence-corrected chi connectivity index (χ0v) is 17.6. The van der Waals surface area contributed by atoms with Crippen molar-refractivity contribution in [1.82, 2.24) is 0 Å². The Balaban J connectivity index is 2.08. The van der Waals surface area contributed by atoms with Gasteiger partial charge in [-0.15, -0.1) is 0 Å². The second-order valence-electron chi connectivity index (χ2n) is 7.33. The highest BCUT2D eigenvalue weighted by atomic mass is 16.5. The molecule has 29 heavy (non-hydrogen) atoms. The zero-order chi connectivity index (χ0) is 21.3. The van der Waals surface area contributed by atoms with E-state index < -0.39 is 18.0 Å². The van der Waals surface area contributed by atoms with Crippen LogP contribution in [0, 0.1) is 0 Å². The van der Waals surface area contributed by atoms with Crippen molar-refractivity contribution in [3.63, 3.8) is 0 Å². The summed E-state index contributed by atoms with van der Waals surface area (Å²) in [7, 11) is 0. The molecule has 1 rings (SSSR count). The summed E-state index contributed by atoms with van der Waals surface area (Å²) in [4.78, 5) is 21.6. The monoisotopic (exact) mass is 408 g/mol. The Hall–Kier alpha value is -2.24. The van der Waals surface area contributed by atoms with E-state index in [4.69, 9.17) is 19.7 Å². The topological polar surface area (TPSA) is 93.1 Å². The lowest BCUT2D eigenvalue weighted by Gasteiger charge is -2.16. The van der Waals surface area contributed by atoms with E-state index >= 15 is 0 Å². The van der Waals surface area contributed by atoms with Crippen molar-refractivity contribution in [2.45, 2.75) is 90.1 Å². The van der Waals surface area contributed by atoms with E-state index in [-0.39, 0.29) is 6.42 Å². The predicted octanol–water partition coefficient (Wildman–Crippen LogP) is 5.68. The summed E-state index contributed by atoms with van der Waals surface area (Å²) in [5, 5.41) is 17.7. The molecule has 0 bridgehead atoms. The van der Waals surface area contributed by atoms with E-state index in [0.29, 0.717) is 24.5 Å². The van der Waals surface area contributed by atoms with Crippen molar-refractivity contribution in [3.05, 3.63) is 24.3 Å². The molecule has 2 N–H and O–H groups in total. The number of hydrogen-bond acceptors (Lipinski definition) is 4. The third-order valence-corrected chi connectivity index (χ3v) is 4.81. The highest BCUT2D eigenvalue weighted by Crippen LogP contribution is 2.28. The third kappa shape index (κ3) is 12.0. The van der Waals surface area contributed by atoms with Crippen LogP contribution in [-0.2, 0) is 9.59 Å². The van der Waals surface area contributed by atoms with Crippen LogP contribution >= 0.6 is 0 Å². The van der Waals surface area contributed by atoms with Crippen molar-refractivity contribution in [2.75, 3.05) is 6.61 Å². The van der Waals surface area contributed by atoms with E-state index in [0.717, 1.165) is 32.1 Å². The first-order valence-corrected chi connectivity index (χ1v) is 10.9. The minimum absolute atomic E-state index is 0.289. The lowest BCUT2D eigenvalue weighted by molar-refractivity contribution is -0.145. The van der Waals surface area contributed by atoms with E-state index in [9.17, 15) is 9.59 Å². The van der Waals surface area contributed by atoms with E-state index in [1.54, 1.807) is 19.1 Å². The molecular formula is C23H36O6. The predicted molar refractivity (Wildman–Crippen MR) is 113 cm³/mol. The number of rotatable bonds is 18. The van der Waals surface area contributed by atoms with E-state index in [1.807, 2.05) is 12.1 Å². The van der Waals surface area contributed by atoms with Crippen LogP contribution in [-0.4, -0.2) is 34.9 Å². The highest BCUT2D eigenvalue weighted by molar-refractivity contribution is 5.72. The van der Waals surface area contributed by atoms with Gasteiger partial charge in [0.15, 0.2) is 17.6 Å². The van der Waals surface area contributed by atoms with Crippen molar-refractivity contribution in [3.8, 4) is 11.5 Å². The smallest absolute Gasteiger partial charge is 0.344 e. The fraction of sp³-hybridized carbons (Fsp3) is 0.652. The molecule has 0 aliphatic heterocycles. The minimum Gasteiger partial charge on any atom is -0.490 e. The number of carbonyl (C=O) groups is 2. The Morgan fingerprint density at radius 3 is 1.86 bits per heavy atom. The van der Waals surface area contributed by atoms with E-state index in [2.05, 4.69) is 0 Å². The number of hydrogen-bond donors (Lipinski definition) is 2. The van der Waals surface area contributed by atoms with Gasteiger partial charge in [0, 0.05) is 6.42 Å². The van der Waals surface area contributed by atoms with Crippen molar-refractivity contribution < 1.29 is 29.3 Å². The van der Waals surface area contributed by atoms with Crippen LogP contribution < -0.4 is 9.47 Å². The Morgan fingerprint density at radius 2 is 1.34 bits per heavy atom. The molecule has 164 valence electrons. The van der Waals surface area contributed by atoms with Gasteiger partial charge in [-0.05, 0) is 31.4 Å². The van der Waals surface area contributed by atoms with Crippen LogP contribution in [0.2, 0.25) is 0 Å². The van der Waals surface area contributed by atoms with Crippen LogP contribution in [0.1, 0.15) is 84.0 Å². The van der Waals surface area contributed by atoms with Crippen molar-refractivity contribution in [1.29, 1.82) is 0 Å². The van der Waals surface area contributed by atoms with Crippen LogP contribution in [0.15, 0.2) is 24.3 Å². The molecule has 1 aromatic carbocycles. The minimum atomic E-state index is -0.970. The summed E-state index contributed by atoms with van der Waals surface area (Å²) in [5.41, 5.74) is 0. The SMILES string of the molecule is CCC(Oc1ccccc1OCCCCCCCCCCCCC(=O)O)C(=O)O. The molecule has 1 atom stereocenters. The van der Waals surface area contributed by atoms with Crippen LogP contribution in [0.5, 0.6) is 11.5 Å². The van der Waals surface area contributed by atoms with Gasteiger partial charge in [0.25, 0.3) is 0 Å². The van der Waals surface area contributed by atoms with Crippen LogP contribution in [0.25, 0.3) is 0 Å². The normalized spacial score (nSPS) is 11.8. The van der Waals surface area contributed by atoms with Gasteiger partial charge in [-0.3, -0.25) is 4.79 Å². The molecule has 0 radical (unpaired) electrons. The molecule has 6 nitrogen and oxygen atoms in total. The van der Waals surface area contributed by atoms with Gasteiger partial charge in [0.2, 0.25) is 0 Å². The molecule has 0 spiro atoms. The highest BCUT2D eigenvalue weighted by Gasteiger charge is 2.18. The first-order valence-electron chi connectivity index (χ1n) is 10.9. The molecule has 0 saturated heterocycles. The summed E-state index contributed by atoms with van der Waals surface area (Å²) >= 11 is 0. The summed E-state index contributed by atoms with van der Waals surface area (Å²) in [6.07, 6.45) is 10.8. The fourth-order valence-corrected chi connectivity index (χ4v) is 3.10. The molecule has 0 aromatic heterocycles. The van der Waals surface area contributed by atoms with Gasteiger partial charge in [-0.1, -0.05) is 70.4 Å². The third-order valence-electron chi connectivity index (χ3n) is 4.81. The summed E-state index contributed by atoms with van der Waals surface area (Å²) < 4.78 is 11.4. The molecule has 0 amide bonds. The Labute approximate surface area is 174 Å². The molecule has 0 saturated carbocycles. The van der Waals surface area contributed by atoms with Gasteiger partial charge in [-0.25, -0.2) is 4.79 Å². The average Bonchev–Trinajstić information content (AvgIpc) is 2.70. The number of para-hydroxylation sites is 2.